The van der Waals surface area contributed by atoms with E-state index in [1.165, 1.54) is 0 Å². The summed E-state index contributed by atoms with van der Waals surface area (Å²) in [5.74, 6) is 2.46. The second-order valence-corrected chi connectivity index (χ2v) is 2.35. The van der Waals surface area contributed by atoms with Crippen LogP contribution in [0.3, 0.4) is 0 Å². The molecule has 11 heavy (non-hydrogen) atoms. The van der Waals surface area contributed by atoms with Crippen LogP contribution in [0.4, 0.5) is 0 Å². The van der Waals surface area contributed by atoms with E-state index < -0.39 is 0 Å². The normalized spacial score (nSPS) is 8.73. The molecule has 0 radical (unpaired) electrons. The average molecular weight is 144 g/mol. The van der Waals surface area contributed by atoms with Gasteiger partial charge in [0.25, 0.3) is 0 Å². The summed E-state index contributed by atoms with van der Waals surface area (Å²) < 4.78 is 0. The van der Waals surface area contributed by atoms with E-state index in [9.17, 15) is 4.79 Å². The molecular formula is C10H8O. The number of rotatable bonds is 1. The fraction of sp³-hybridized carbons (Fsp3) is 0.100. The molecule has 0 saturated carbocycles. The third kappa shape index (κ3) is 1.47. The van der Waals surface area contributed by atoms with Crippen molar-refractivity contribution in [3.63, 3.8) is 0 Å². The van der Waals surface area contributed by atoms with Crippen LogP contribution in [0.15, 0.2) is 18.2 Å². The fourth-order valence-corrected chi connectivity index (χ4v) is 0.898. The van der Waals surface area contributed by atoms with E-state index >= 15 is 0 Å². The molecule has 0 aliphatic rings. The largest absolute Gasteiger partial charge is 0.298 e. The average Bonchev–Trinajstić information content (AvgIpc) is 2.04. The predicted molar refractivity (Wildman–Crippen MR) is 44.5 cm³/mol. The van der Waals surface area contributed by atoms with Gasteiger partial charge in [-0.2, -0.15) is 0 Å². The summed E-state index contributed by atoms with van der Waals surface area (Å²) in [5, 5.41) is 0. The van der Waals surface area contributed by atoms with Gasteiger partial charge >= 0.3 is 0 Å². The van der Waals surface area contributed by atoms with Gasteiger partial charge in [-0.25, -0.2) is 0 Å². The molecule has 1 rings (SSSR count). The summed E-state index contributed by atoms with van der Waals surface area (Å²) >= 11 is 0. The predicted octanol–water partition coefficient (Wildman–Crippen LogP) is 1.79. The van der Waals surface area contributed by atoms with Crippen molar-refractivity contribution in [2.24, 2.45) is 0 Å². The standard InChI is InChI=1S/C10H8O/c1-3-9-6-8(2)4-5-10(9)7-11/h1,4-7H,2H3. The fourth-order valence-electron chi connectivity index (χ4n) is 0.898. The van der Waals surface area contributed by atoms with Gasteiger partial charge in [-0.1, -0.05) is 18.1 Å². The molecule has 0 spiro atoms. The number of carbonyl (C=O) groups excluding carboxylic acids is 1. The van der Waals surface area contributed by atoms with E-state index in [1.54, 1.807) is 6.07 Å². The van der Waals surface area contributed by atoms with Crippen LogP contribution in [0, 0.1) is 19.3 Å². The molecule has 0 aliphatic carbocycles. The highest BCUT2D eigenvalue weighted by molar-refractivity contribution is 5.79. The topological polar surface area (TPSA) is 17.1 Å². The van der Waals surface area contributed by atoms with Crippen molar-refractivity contribution >= 4 is 6.29 Å². The highest BCUT2D eigenvalue weighted by Crippen LogP contribution is 2.07. The molecule has 0 amide bonds. The van der Waals surface area contributed by atoms with Crippen LogP contribution in [0.25, 0.3) is 0 Å². The molecule has 0 atom stereocenters. The maximum Gasteiger partial charge on any atom is 0.151 e. The second kappa shape index (κ2) is 3.03. The number of carbonyl (C=O) groups is 1. The molecule has 0 aromatic heterocycles. The molecule has 1 aromatic rings. The van der Waals surface area contributed by atoms with Crippen LogP contribution in [0.5, 0.6) is 0 Å². The Kier molecular flexibility index (Phi) is 2.08. The SMILES string of the molecule is C#Cc1cc(C)ccc1C=O. The first kappa shape index (κ1) is 7.56. The van der Waals surface area contributed by atoms with Crippen LogP contribution in [0.2, 0.25) is 0 Å². The van der Waals surface area contributed by atoms with Gasteiger partial charge in [-0.05, 0) is 18.6 Å². The zero-order chi connectivity index (χ0) is 8.27. The molecule has 54 valence electrons. The van der Waals surface area contributed by atoms with Gasteiger partial charge in [0.1, 0.15) is 0 Å². The van der Waals surface area contributed by atoms with E-state index in [0.717, 1.165) is 11.8 Å². The van der Waals surface area contributed by atoms with E-state index in [1.807, 2.05) is 19.1 Å². The minimum absolute atomic E-state index is 0.582. The molecule has 0 unspecified atom stereocenters. The van der Waals surface area contributed by atoms with Crippen molar-refractivity contribution in [2.75, 3.05) is 0 Å². The number of terminal acetylenes is 1. The van der Waals surface area contributed by atoms with Crippen LogP contribution >= 0.6 is 0 Å². The van der Waals surface area contributed by atoms with Crippen molar-refractivity contribution in [3.8, 4) is 12.3 Å². The van der Waals surface area contributed by atoms with Gasteiger partial charge in [0.15, 0.2) is 6.29 Å². The van der Waals surface area contributed by atoms with Crippen molar-refractivity contribution in [3.05, 3.63) is 34.9 Å². The molecule has 0 fully saturated rings. The van der Waals surface area contributed by atoms with Gasteiger partial charge < -0.3 is 0 Å². The van der Waals surface area contributed by atoms with Crippen molar-refractivity contribution in [2.45, 2.75) is 6.92 Å². The number of benzene rings is 1. The molecule has 0 heterocycles. The maximum atomic E-state index is 10.4. The highest BCUT2D eigenvalue weighted by atomic mass is 16.1. The molecule has 1 nitrogen and oxygen atoms in total. The van der Waals surface area contributed by atoms with Gasteiger partial charge in [0, 0.05) is 11.1 Å². The van der Waals surface area contributed by atoms with E-state index in [0.29, 0.717) is 11.1 Å². The Morgan fingerprint density at radius 1 is 1.55 bits per heavy atom. The molecule has 0 N–H and O–H groups in total. The van der Waals surface area contributed by atoms with Crippen LogP contribution < -0.4 is 0 Å². The number of aldehydes is 1. The first-order valence-corrected chi connectivity index (χ1v) is 3.30. The summed E-state index contributed by atoms with van der Waals surface area (Å²) in [5.41, 5.74) is 2.32. The van der Waals surface area contributed by atoms with Gasteiger partial charge in [0.2, 0.25) is 0 Å². The lowest BCUT2D eigenvalue weighted by molar-refractivity contribution is 0.112. The first-order valence-electron chi connectivity index (χ1n) is 3.30. The second-order valence-electron chi connectivity index (χ2n) is 2.35. The van der Waals surface area contributed by atoms with Crippen LogP contribution in [-0.4, -0.2) is 6.29 Å². The third-order valence-corrected chi connectivity index (χ3v) is 1.49. The van der Waals surface area contributed by atoms with Crippen molar-refractivity contribution < 1.29 is 4.79 Å². The van der Waals surface area contributed by atoms with Crippen molar-refractivity contribution in [1.82, 2.24) is 0 Å². The number of aryl methyl sites for hydroxylation is 1. The molecule has 0 saturated heterocycles. The molecule has 1 heteroatoms. The molecule has 0 aliphatic heterocycles. The number of hydrogen-bond acceptors (Lipinski definition) is 1. The summed E-state index contributed by atoms with van der Waals surface area (Å²) in [4.78, 5) is 10.4. The Balaban J connectivity index is 3.30. The monoisotopic (exact) mass is 144 g/mol. The Hall–Kier alpha value is -1.55. The van der Waals surface area contributed by atoms with Gasteiger partial charge in [0.05, 0.1) is 0 Å². The number of hydrogen-bond donors (Lipinski definition) is 0. The molecule has 0 bridgehead atoms. The zero-order valence-corrected chi connectivity index (χ0v) is 6.29. The maximum absolute atomic E-state index is 10.4. The lowest BCUT2D eigenvalue weighted by Crippen LogP contribution is -1.87. The Morgan fingerprint density at radius 3 is 2.82 bits per heavy atom. The highest BCUT2D eigenvalue weighted by Gasteiger charge is 1.96. The Labute approximate surface area is 66.1 Å². The smallest absolute Gasteiger partial charge is 0.151 e. The zero-order valence-electron chi connectivity index (χ0n) is 6.29. The minimum Gasteiger partial charge on any atom is -0.298 e. The lowest BCUT2D eigenvalue weighted by atomic mass is 10.1. The van der Waals surface area contributed by atoms with Crippen LogP contribution in [-0.2, 0) is 0 Å². The molecule has 1 aromatic carbocycles. The summed E-state index contributed by atoms with van der Waals surface area (Å²) in [6.07, 6.45) is 5.96. The Bertz CT molecular complexity index is 318. The third-order valence-electron chi connectivity index (χ3n) is 1.49. The van der Waals surface area contributed by atoms with E-state index in [4.69, 9.17) is 6.42 Å². The summed E-state index contributed by atoms with van der Waals surface area (Å²) in [6.45, 7) is 1.94. The summed E-state index contributed by atoms with van der Waals surface area (Å²) in [6, 6.07) is 5.42. The summed E-state index contributed by atoms with van der Waals surface area (Å²) in [7, 11) is 0. The Morgan fingerprint density at radius 2 is 2.27 bits per heavy atom. The van der Waals surface area contributed by atoms with E-state index in [-0.39, 0.29) is 0 Å². The first-order chi connectivity index (χ1) is 5.27. The minimum atomic E-state index is 0.582. The van der Waals surface area contributed by atoms with E-state index in [2.05, 4.69) is 5.92 Å². The van der Waals surface area contributed by atoms with Gasteiger partial charge in [-0.3, -0.25) is 4.79 Å². The molecular weight excluding hydrogens is 136 g/mol. The quantitative estimate of drug-likeness (QED) is 0.434. The lowest BCUT2D eigenvalue weighted by Gasteiger charge is -1.96. The van der Waals surface area contributed by atoms with Gasteiger partial charge in [-0.15, -0.1) is 6.42 Å². The van der Waals surface area contributed by atoms with Crippen molar-refractivity contribution in [1.29, 1.82) is 0 Å². The van der Waals surface area contributed by atoms with Crippen LogP contribution in [0.1, 0.15) is 21.5 Å².